The number of aryl methyl sites for hydroxylation is 1. The Hall–Kier alpha value is -3.08. The molecule has 0 spiro atoms. The van der Waals surface area contributed by atoms with E-state index in [0.717, 1.165) is 36.3 Å². The van der Waals surface area contributed by atoms with Crippen molar-refractivity contribution in [1.29, 1.82) is 0 Å². The first-order valence-electron chi connectivity index (χ1n) is 9.15. The van der Waals surface area contributed by atoms with Gasteiger partial charge in [-0.15, -0.1) is 0 Å². The maximum atomic E-state index is 12.7. The number of ether oxygens (including phenoxy) is 1. The van der Waals surface area contributed by atoms with Crippen LogP contribution < -0.4 is 10.1 Å². The number of carbonyl (C=O) groups excluding carboxylic acids is 1. The van der Waals surface area contributed by atoms with Gasteiger partial charge in [0.05, 0.1) is 12.8 Å². The molecule has 1 heterocycles. The Morgan fingerprint density at radius 2 is 1.85 bits per heavy atom. The Labute approximate surface area is 158 Å². The summed E-state index contributed by atoms with van der Waals surface area (Å²) in [5, 5.41) is 10.3. The van der Waals surface area contributed by atoms with Gasteiger partial charge in [-0.25, -0.2) is 0 Å². The summed E-state index contributed by atoms with van der Waals surface area (Å²) in [5.74, 6) is 0.686. The zero-order valence-electron chi connectivity index (χ0n) is 15.6. The highest BCUT2D eigenvalue weighted by Gasteiger charge is 2.44. The third kappa shape index (κ3) is 3.87. The van der Waals surface area contributed by atoms with E-state index in [0.29, 0.717) is 5.69 Å². The summed E-state index contributed by atoms with van der Waals surface area (Å²) in [5.41, 5.74) is 4.53. The predicted molar refractivity (Wildman–Crippen MR) is 105 cm³/mol. The van der Waals surface area contributed by atoms with Crippen LogP contribution in [0.4, 0.5) is 0 Å². The van der Waals surface area contributed by atoms with Crippen molar-refractivity contribution in [3.05, 3.63) is 71.4 Å². The summed E-state index contributed by atoms with van der Waals surface area (Å²) >= 11 is 0. The van der Waals surface area contributed by atoms with Gasteiger partial charge in [0, 0.05) is 11.1 Å². The van der Waals surface area contributed by atoms with Crippen molar-refractivity contribution in [3.8, 4) is 17.0 Å². The fourth-order valence-electron chi connectivity index (χ4n) is 3.25. The van der Waals surface area contributed by atoms with Crippen LogP contribution in [0.25, 0.3) is 11.3 Å². The standard InChI is InChI=1S/C22H23N3O2/c1-15-3-5-16(6-4-15)14-22(11-12-22)23-21(26)20-13-19(24-25-20)17-7-9-18(27-2)10-8-17/h3-10,13H,11-12,14H2,1-2H3,(H,23,26)(H,24,25). The van der Waals surface area contributed by atoms with Crippen molar-refractivity contribution in [1.82, 2.24) is 15.5 Å². The van der Waals surface area contributed by atoms with Crippen LogP contribution in [0.1, 0.15) is 34.5 Å². The fraction of sp³-hybridized carbons (Fsp3) is 0.273. The Balaban J connectivity index is 1.44. The molecule has 0 saturated heterocycles. The van der Waals surface area contributed by atoms with Crippen LogP contribution in [0.3, 0.4) is 0 Å². The normalized spacial score (nSPS) is 14.6. The van der Waals surface area contributed by atoms with Gasteiger partial charge in [0.1, 0.15) is 11.4 Å². The molecule has 0 aliphatic heterocycles. The number of aromatic nitrogens is 2. The smallest absolute Gasteiger partial charge is 0.269 e. The lowest BCUT2D eigenvalue weighted by molar-refractivity contribution is 0.0926. The minimum Gasteiger partial charge on any atom is -0.497 e. The van der Waals surface area contributed by atoms with Crippen LogP contribution in [-0.4, -0.2) is 28.8 Å². The number of benzene rings is 2. The van der Waals surface area contributed by atoms with Crippen LogP contribution in [0.5, 0.6) is 5.75 Å². The summed E-state index contributed by atoms with van der Waals surface area (Å²) in [6.07, 6.45) is 2.87. The summed E-state index contributed by atoms with van der Waals surface area (Å²) in [4.78, 5) is 12.7. The molecular formula is C22H23N3O2. The lowest BCUT2D eigenvalue weighted by Gasteiger charge is -2.17. The zero-order chi connectivity index (χ0) is 18.9. The van der Waals surface area contributed by atoms with Crippen molar-refractivity contribution in [2.45, 2.75) is 31.7 Å². The average molecular weight is 361 g/mol. The lowest BCUT2D eigenvalue weighted by Crippen LogP contribution is -2.38. The third-order valence-electron chi connectivity index (χ3n) is 5.10. The first-order chi connectivity index (χ1) is 13.1. The molecule has 0 atom stereocenters. The molecule has 1 fully saturated rings. The van der Waals surface area contributed by atoms with E-state index in [1.54, 1.807) is 13.2 Å². The highest BCUT2D eigenvalue weighted by molar-refractivity contribution is 5.94. The van der Waals surface area contributed by atoms with Gasteiger partial charge >= 0.3 is 0 Å². The molecule has 0 unspecified atom stereocenters. The molecule has 138 valence electrons. The predicted octanol–water partition coefficient (Wildman–Crippen LogP) is 3.90. The monoisotopic (exact) mass is 361 g/mol. The van der Waals surface area contributed by atoms with Crippen molar-refractivity contribution < 1.29 is 9.53 Å². The minimum atomic E-state index is -0.127. The van der Waals surface area contributed by atoms with E-state index >= 15 is 0 Å². The fourth-order valence-corrected chi connectivity index (χ4v) is 3.25. The van der Waals surface area contributed by atoms with Crippen LogP contribution in [0.2, 0.25) is 0 Å². The highest BCUT2D eigenvalue weighted by atomic mass is 16.5. The second kappa shape index (κ2) is 6.91. The number of carbonyl (C=O) groups is 1. The average Bonchev–Trinajstić information content (AvgIpc) is 3.24. The molecule has 1 aromatic heterocycles. The van der Waals surface area contributed by atoms with Crippen molar-refractivity contribution >= 4 is 5.91 Å². The van der Waals surface area contributed by atoms with Gasteiger partial charge in [0.25, 0.3) is 5.91 Å². The van der Waals surface area contributed by atoms with E-state index in [-0.39, 0.29) is 11.4 Å². The van der Waals surface area contributed by atoms with Crippen LogP contribution in [0, 0.1) is 6.92 Å². The Morgan fingerprint density at radius 3 is 2.48 bits per heavy atom. The molecule has 27 heavy (non-hydrogen) atoms. The summed E-state index contributed by atoms with van der Waals surface area (Å²) in [6.45, 7) is 2.08. The van der Waals surface area contributed by atoms with Gasteiger partial charge in [0.2, 0.25) is 0 Å². The summed E-state index contributed by atoms with van der Waals surface area (Å²) in [7, 11) is 1.64. The van der Waals surface area contributed by atoms with Gasteiger partial charge in [-0.05, 0) is 62.1 Å². The number of hydrogen-bond acceptors (Lipinski definition) is 3. The van der Waals surface area contributed by atoms with Gasteiger partial charge < -0.3 is 10.1 Å². The molecular weight excluding hydrogens is 338 g/mol. The maximum Gasteiger partial charge on any atom is 0.269 e. The highest BCUT2D eigenvalue weighted by Crippen LogP contribution is 2.39. The Morgan fingerprint density at radius 1 is 1.15 bits per heavy atom. The number of hydrogen-bond donors (Lipinski definition) is 2. The molecule has 1 amide bonds. The second-order valence-electron chi connectivity index (χ2n) is 7.29. The SMILES string of the molecule is COc1ccc(-c2cc(C(=O)NC3(Cc4ccc(C)cc4)CC3)[nH]n2)cc1. The van der Waals surface area contributed by atoms with Crippen molar-refractivity contribution in [3.63, 3.8) is 0 Å². The van der Waals surface area contributed by atoms with E-state index < -0.39 is 0 Å². The second-order valence-corrected chi connectivity index (χ2v) is 7.29. The number of H-pyrrole nitrogens is 1. The molecule has 2 N–H and O–H groups in total. The quantitative estimate of drug-likeness (QED) is 0.700. The summed E-state index contributed by atoms with van der Waals surface area (Å²) in [6, 6.07) is 17.9. The number of rotatable bonds is 6. The number of methoxy groups -OCH3 is 1. The Kier molecular flexibility index (Phi) is 4.44. The molecule has 5 nitrogen and oxygen atoms in total. The number of nitrogens with one attached hydrogen (secondary N) is 2. The zero-order valence-corrected chi connectivity index (χ0v) is 15.6. The van der Waals surface area contributed by atoms with Gasteiger partial charge in [-0.3, -0.25) is 9.89 Å². The third-order valence-corrected chi connectivity index (χ3v) is 5.10. The largest absolute Gasteiger partial charge is 0.497 e. The lowest BCUT2D eigenvalue weighted by atomic mass is 10.0. The van der Waals surface area contributed by atoms with Gasteiger partial charge in [-0.1, -0.05) is 29.8 Å². The maximum absolute atomic E-state index is 12.7. The van der Waals surface area contributed by atoms with Gasteiger partial charge in [0.15, 0.2) is 0 Å². The molecule has 1 saturated carbocycles. The first kappa shape index (κ1) is 17.3. The number of aromatic amines is 1. The molecule has 3 aromatic rings. The van der Waals surface area contributed by atoms with Crippen molar-refractivity contribution in [2.75, 3.05) is 7.11 Å². The molecule has 1 aliphatic rings. The van der Waals surface area contributed by atoms with E-state index in [2.05, 4.69) is 46.7 Å². The van der Waals surface area contributed by atoms with E-state index in [1.165, 1.54) is 11.1 Å². The topological polar surface area (TPSA) is 67.0 Å². The molecule has 1 aliphatic carbocycles. The molecule has 0 radical (unpaired) electrons. The van der Waals surface area contributed by atoms with Gasteiger partial charge in [-0.2, -0.15) is 5.10 Å². The van der Waals surface area contributed by atoms with E-state index in [1.807, 2.05) is 24.3 Å². The number of nitrogens with zero attached hydrogens (tertiary/aromatic N) is 1. The molecule has 5 heteroatoms. The molecule has 0 bridgehead atoms. The van der Waals surface area contributed by atoms with E-state index in [4.69, 9.17) is 4.74 Å². The summed E-state index contributed by atoms with van der Waals surface area (Å²) < 4.78 is 5.17. The molecule has 2 aromatic carbocycles. The van der Waals surface area contributed by atoms with Crippen molar-refractivity contribution in [2.24, 2.45) is 0 Å². The van der Waals surface area contributed by atoms with Crippen LogP contribution >= 0.6 is 0 Å². The molecule has 4 rings (SSSR count). The van der Waals surface area contributed by atoms with Crippen LogP contribution in [0.15, 0.2) is 54.6 Å². The number of amides is 1. The first-order valence-corrected chi connectivity index (χ1v) is 9.15. The minimum absolute atomic E-state index is 0.105. The van der Waals surface area contributed by atoms with Crippen LogP contribution in [-0.2, 0) is 6.42 Å². The Bertz CT molecular complexity index is 938. The van der Waals surface area contributed by atoms with E-state index in [9.17, 15) is 4.79 Å².